The summed E-state index contributed by atoms with van der Waals surface area (Å²) >= 11 is 6.27. The normalized spacial score (nSPS) is 15.1. The predicted octanol–water partition coefficient (Wildman–Crippen LogP) is 2.85. The van der Waals surface area contributed by atoms with E-state index in [9.17, 15) is 9.59 Å². The van der Waals surface area contributed by atoms with Crippen LogP contribution in [0.15, 0.2) is 30.0 Å². The minimum absolute atomic E-state index is 0.0563. The number of carbonyl (C=O) groups excluding carboxylic acids is 2. The van der Waals surface area contributed by atoms with E-state index >= 15 is 0 Å². The Morgan fingerprint density at radius 3 is 2.56 bits per heavy atom. The molecule has 8 heteroatoms. The van der Waals surface area contributed by atoms with Crippen molar-refractivity contribution in [3.8, 4) is 5.75 Å². The van der Waals surface area contributed by atoms with Crippen LogP contribution in [0.1, 0.15) is 19.3 Å². The zero-order valence-electron chi connectivity index (χ0n) is 15.6. The summed E-state index contributed by atoms with van der Waals surface area (Å²) in [7, 11) is 2.45. The quantitative estimate of drug-likeness (QED) is 0.534. The van der Waals surface area contributed by atoms with Crippen molar-refractivity contribution >= 4 is 29.2 Å². The van der Waals surface area contributed by atoms with Crippen molar-refractivity contribution in [2.24, 2.45) is 0 Å². The fraction of sp³-hybridized carbons (Fsp3) is 0.474. The number of likely N-dealkylation sites (tertiary alicyclic amines) is 1. The molecule has 148 valence electrons. The van der Waals surface area contributed by atoms with E-state index in [1.807, 2.05) is 0 Å². The van der Waals surface area contributed by atoms with Crippen LogP contribution in [0.4, 0.5) is 5.69 Å². The van der Waals surface area contributed by atoms with E-state index < -0.39 is 11.9 Å². The van der Waals surface area contributed by atoms with E-state index in [1.54, 1.807) is 18.2 Å². The van der Waals surface area contributed by atoms with Crippen LogP contribution in [0.5, 0.6) is 5.75 Å². The van der Waals surface area contributed by atoms with E-state index in [-0.39, 0.29) is 5.70 Å². The number of nitrogens with one attached hydrogen (secondary N) is 1. The Hall–Kier alpha value is -2.25. The molecule has 0 bridgehead atoms. The fourth-order valence-electron chi connectivity index (χ4n) is 2.75. The Kier molecular flexibility index (Phi) is 8.42. The van der Waals surface area contributed by atoms with E-state index in [2.05, 4.69) is 19.7 Å². The maximum atomic E-state index is 11.8. The van der Waals surface area contributed by atoms with Gasteiger partial charge in [-0.2, -0.15) is 0 Å². The molecule has 1 N–H and O–H groups in total. The number of anilines is 1. The Labute approximate surface area is 164 Å². The molecule has 0 amide bonds. The summed E-state index contributed by atoms with van der Waals surface area (Å²) in [5.74, 6) is -0.805. The van der Waals surface area contributed by atoms with Crippen LogP contribution in [0.2, 0.25) is 5.02 Å². The number of halogens is 1. The van der Waals surface area contributed by atoms with E-state index in [0.29, 0.717) is 23.1 Å². The first-order chi connectivity index (χ1) is 13.0. The minimum atomic E-state index is -0.696. The largest absolute Gasteiger partial charge is 0.491 e. The number of esters is 2. The van der Waals surface area contributed by atoms with E-state index in [4.69, 9.17) is 16.3 Å². The third-order valence-electron chi connectivity index (χ3n) is 4.19. The zero-order chi connectivity index (χ0) is 19.6. The number of carbonyl (C=O) groups is 2. The lowest BCUT2D eigenvalue weighted by Crippen LogP contribution is -2.33. The SMILES string of the molecule is COC(=O)/C=C(/Nc1ccc(OCCN2CCCCC2)c(Cl)c1)C(=O)OC. The highest BCUT2D eigenvalue weighted by Crippen LogP contribution is 2.28. The average molecular weight is 397 g/mol. The molecule has 0 spiro atoms. The maximum absolute atomic E-state index is 11.8. The van der Waals surface area contributed by atoms with Gasteiger partial charge < -0.3 is 19.5 Å². The van der Waals surface area contributed by atoms with Crippen molar-refractivity contribution in [3.05, 3.63) is 35.0 Å². The molecule has 1 fully saturated rings. The molecular formula is C19H25ClN2O5. The first-order valence-electron chi connectivity index (χ1n) is 8.83. The Morgan fingerprint density at radius 1 is 1.19 bits per heavy atom. The third-order valence-corrected chi connectivity index (χ3v) is 4.49. The molecule has 1 aromatic rings. The van der Waals surface area contributed by atoms with Gasteiger partial charge in [-0.1, -0.05) is 18.0 Å². The summed E-state index contributed by atoms with van der Waals surface area (Å²) in [5.41, 5.74) is 0.461. The van der Waals surface area contributed by atoms with Crippen molar-refractivity contribution < 1.29 is 23.8 Å². The van der Waals surface area contributed by atoms with Gasteiger partial charge in [-0.05, 0) is 44.1 Å². The Bertz CT molecular complexity index is 687. The summed E-state index contributed by atoms with van der Waals surface area (Å²) in [6, 6.07) is 5.04. The molecule has 1 aromatic carbocycles. The van der Waals surface area contributed by atoms with Crippen molar-refractivity contribution in [3.63, 3.8) is 0 Å². The summed E-state index contributed by atoms with van der Waals surface area (Å²) < 4.78 is 15.0. The second kappa shape index (κ2) is 10.8. The lowest BCUT2D eigenvalue weighted by molar-refractivity contribution is -0.138. The highest BCUT2D eigenvalue weighted by molar-refractivity contribution is 6.32. The van der Waals surface area contributed by atoms with Crippen LogP contribution in [0, 0.1) is 0 Å². The van der Waals surface area contributed by atoms with Crippen molar-refractivity contribution in [1.82, 2.24) is 4.90 Å². The molecule has 1 aliphatic rings. The maximum Gasteiger partial charge on any atom is 0.354 e. The van der Waals surface area contributed by atoms with Gasteiger partial charge >= 0.3 is 11.9 Å². The van der Waals surface area contributed by atoms with Crippen LogP contribution in [0.25, 0.3) is 0 Å². The van der Waals surface area contributed by atoms with Crippen LogP contribution in [-0.4, -0.2) is 57.3 Å². The summed E-state index contributed by atoms with van der Waals surface area (Å²) in [6.45, 7) is 3.65. The third kappa shape index (κ3) is 6.77. The van der Waals surface area contributed by atoms with Crippen molar-refractivity contribution in [2.75, 3.05) is 45.8 Å². The Balaban J connectivity index is 1.96. The lowest BCUT2D eigenvalue weighted by Gasteiger charge is -2.26. The summed E-state index contributed by atoms with van der Waals surface area (Å²) in [6.07, 6.45) is 4.80. The molecule has 7 nitrogen and oxygen atoms in total. The summed E-state index contributed by atoms with van der Waals surface area (Å²) in [4.78, 5) is 25.6. The van der Waals surface area contributed by atoms with Crippen LogP contribution in [-0.2, 0) is 19.1 Å². The molecule has 1 aliphatic heterocycles. The molecule has 0 atom stereocenters. The highest BCUT2D eigenvalue weighted by atomic mass is 35.5. The molecule has 1 saturated heterocycles. The van der Waals surface area contributed by atoms with E-state index in [1.165, 1.54) is 33.5 Å². The van der Waals surface area contributed by atoms with Gasteiger partial charge in [0, 0.05) is 12.2 Å². The second-order valence-electron chi connectivity index (χ2n) is 6.09. The number of rotatable bonds is 8. The molecule has 0 aliphatic carbocycles. The first kappa shape index (κ1) is 21.1. The number of hydrogen-bond acceptors (Lipinski definition) is 7. The van der Waals surface area contributed by atoms with Crippen molar-refractivity contribution in [2.45, 2.75) is 19.3 Å². The van der Waals surface area contributed by atoms with E-state index in [0.717, 1.165) is 25.7 Å². The highest BCUT2D eigenvalue weighted by Gasteiger charge is 2.14. The zero-order valence-corrected chi connectivity index (χ0v) is 16.4. The molecule has 0 saturated carbocycles. The smallest absolute Gasteiger partial charge is 0.354 e. The summed E-state index contributed by atoms with van der Waals surface area (Å²) in [5, 5.41) is 3.21. The predicted molar refractivity (Wildman–Crippen MR) is 103 cm³/mol. The van der Waals surface area contributed by atoms with Gasteiger partial charge in [-0.3, -0.25) is 4.90 Å². The molecule has 0 unspecified atom stereocenters. The fourth-order valence-corrected chi connectivity index (χ4v) is 2.99. The first-order valence-corrected chi connectivity index (χ1v) is 9.21. The molecule has 2 rings (SSSR count). The van der Waals surface area contributed by atoms with Gasteiger partial charge in [0.2, 0.25) is 0 Å². The second-order valence-corrected chi connectivity index (χ2v) is 6.50. The average Bonchev–Trinajstić information content (AvgIpc) is 2.69. The number of ether oxygens (including phenoxy) is 3. The Morgan fingerprint density at radius 2 is 1.93 bits per heavy atom. The topological polar surface area (TPSA) is 77.1 Å². The van der Waals surface area contributed by atoms with Gasteiger partial charge in [0.05, 0.1) is 25.3 Å². The van der Waals surface area contributed by atoms with Crippen LogP contribution >= 0.6 is 11.6 Å². The number of nitrogens with zero attached hydrogens (tertiary/aromatic N) is 1. The van der Waals surface area contributed by atoms with Crippen LogP contribution < -0.4 is 10.1 Å². The molecule has 27 heavy (non-hydrogen) atoms. The standard InChI is InChI=1S/C19H25ClN2O5/c1-25-18(23)13-16(19(24)26-2)21-14-6-7-17(15(20)12-14)27-11-10-22-8-4-3-5-9-22/h6-7,12-13,21H,3-5,8-11H2,1-2H3/b16-13+. The number of benzene rings is 1. The van der Waals surface area contributed by atoms with Crippen LogP contribution in [0.3, 0.4) is 0 Å². The van der Waals surface area contributed by atoms with Gasteiger partial charge in [0.25, 0.3) is 0 Å². The minimum Gasteiger partial charge on any atom is -0.491 e. The number of piperidine rings is 1. The monoisotopic (exact) mass is 396 g/mol. The van der Waals surface area contributed by atoms with Gasteiger partial charge in [-0.15, -0.1) is 0 Å². The van der Waals surface area contributed by atoms with Crippen molar-refractivity contribution in [1.29, 1.82) is 0 Å². The molecular weight excluding hydrogens is 372 g/mol. The number of hydrogen-bond donors (Lipinski definition) is 1. The molecule has 0 aromatic heterocycles. The van der Waals surface area contributed by atoms with Gasteiger partial charge in [0.15, 0.2) is 0 Å². The molecule has 1 heterocycles. The van der Waals surface area contributed by atoms with Gasteiger partial charge in [0.1, 0.15) is 18.1 Å². The molecule has 0 radical (unpaired) electrons. The lowest BCUT2D eigenvalue weighted by atomic mass is 10.1. The van der Waals surface area contributed by atoms with Gasteiger partial charge in [-0.25, -0.2) is 9.59 Å². The number of methoxy groups -OCH3 is 2.